The number of hydrogen-bond donors (Lipinski definition) is 3. The minimum atomic E-state index is -1.01. The van der Waals surface area contributed by atoms with Gasteiger partial charge in [-0.2, -0.15) is 0 Å². The van der Waals surface area contributed by atoms with Gasteiger partial charge in [0.05, 0.1) is 17.3 Å². The Bertz CT molecular complexity index is 723. The van der Waals surface area contributed by atoms with Gasteiger partial charge in [0.15, 0.2) is 0 Å². The molecule has 0 saturated heterocycles. The summed E-state index contributed by atoms with van der Waals surface area (Å²) in [7, 11) is 0. The molecule has 3 heteroatoms. The zero-order valence-corrected chi connectivity index (χ0v) is 20.6. The number of aliphatic hydroxyl groups excluding tert-OH is 1. The zero-order chi connectivity index (χ0) is 23.0. The van der Waals surface area contributed by atoms with Crippen LogP contribution in [-0.4, -0.2) is 32.6 Å². The molecule has 31 heavy (non-hydrogen) atoms. The lowest BCUT2D eigenvalue weighted by molar-refractivity contribution is 0.0204. The molecule has 0 aromatic heterocycles. The average molecular weight is 431 g/mol. The predicted molar refractivity (Wildman–Crippen MR) is 129 cm³/mol. The predicted octanol–water partition coefficient (Wildman–Crippen LogP) is 6.09. The Morgan fingerprint density at radius 2 is 1.94 bits per heavy atom. The van der Waals surface area contributed by atoms with Crippen LogP contribution in [0.15, 0.2) is 35.5 Å². The van der Waals surface area contributed by atoms with Gasteiger partial charge in [-0.05, 0) is 100 Å². The number of aliphatic hydroxyl groups is 3. The third kappa shape index (κ3) is 5.54. The lowest BCUT2D eigenvalue weighted by atomic mass is 9.60. The lowest BCUT2D eigenvalue weighted by Crippen LogP contribution is -2.37. The minimum absolute atomic E-state index is 0.366. The van der Waals surface area contributed by atoms with E-state index in [2.05, 4.69) is 32.6 Å². The van der Waals surface area contributed by atoms with Gasteiger partial charge in [-0.1, -0.05) is 51.0 Å². The molecule has 3 aliphatic rings. The van der Waals surface area contributed by atoms with Crippen LogP contribution >= 0.6 is 0 Å². The van der Waals surface area contributed by atoms with Gasteiger partial charge in [0.2, 0.25) is 0 Å². The molecule has 0 amide bonds. The van der Waals surface area contributed by atoms with Crippen LogP contribution in [0, 0.1) is 23.2 Å². The van der Waals surface area contributed by atoms with Crippen molar-refractivity contribution in [1.82, 2.24) is 0 Å². The zero-order valence-electron chi connectivity index (χ0n) is 20.6. The van der Waals surface area contributed by atoms with Crippen LogP contribution in [0.25, 0.3) is 0 Å². The van der Waals surface area contributed by atoms with E-state index in [9.17, 15) is 15.3 Å². The SMILES string of the molecule is C=C1/C(=C\C=C2/CCC[C@@]3(C)C2CCC3[C@@H](C)CCCC(C)(C)O)C[C@@H](O)C[C@]1(C)O. The second-order valence-corrected chi connectivity index (χ2v) is 12.0. The van der Waals surface area contributed by atoms with Gasteiger partial charge in [0, 0.05) is 6.42 Å². The molecule has 0 bridgehead atoms. The Hall–Kier alpha value is -0.900. The molecule has 3 N–H and O–H groups in total. The Morgan fingerprint density at radius 3 is 2.61 bits per heavy atom. The molecule has 0 spiro atoms. The maximum absolute atomic E-state index is 10.6. The smallest absolute Gasteiger partial charge is 0.0890 e. The molecule has 0 aliphatic heterocycles. The summed E-state index contributed by atoms with van der Waals surface area (Å²) in [4.78, 5) is 0. The minimum Gasteiger partial charge on any atom is -0.393 e. The van der Waals surface area contributed by atoms with Crippen molar-refractivity contribution in [2.45, 2.75) is 116 Å². The molecule has 3 fully saturated rings. The molecule has 3 nitrogen and oxygen atoms in total. The maximum Gasteiger partial charge on any atom is 0.0890 e. The summed E-state index contributed by atoms with van der Waals surface area (Å²) >= 11 is 0. The number of fused-ring (bicyclic) bond motifs is 1. The number of rotatable bonds is 6. The number of allylic oxidation sites excluding steroid dienone is 3. The summed E-state index contributed by atoms with van der Waals surface area (Å²) in [5.41, 5.74) is 2.11. The Balaban J connectivity index is 1.72. The molecule has 3 aliphatic carbocycles. The van der Waals surface area contributed by atoms with E-state index in [0.29, 0.717) is 30.1 Å². The molecule has 0 heterocycles. The van der Waals surface area contributed by atoms with Crippen LogP contribution in [0.3, 0.4) is 0 Å². The highest BCUT2D eigenvalue weighted by atomic mass is 16.3. The van der Waals surface area contributed by atoms with Crippen molar-refractivity contribution in [1.29, 1.82) is 0 Å². The fourth-order valence-corrected chi connectivity index (χ4v) is 7.03. The van der Waals surface area contributed by atoms with Gasteiger partial charge in [-0.25, -0.2) is 0 Å². The quantitative estimate of drug-likeness (QED) is 0.477. The lowest BCUT2D eigenvalue weighted by Gasteiger charge is -2.44. The molecule has 3 rings (SSSR count). The fourth-order valence-electron chi connectivity index (χ4n) is 7.03. The van der Waals surface area contributed by atoms with Crippen molar-refractivity contribution >= 4 is 0 Å². The maximum atomic E-state index is 10.6. The second-order valence-electron chi connectivity index (χ2n) is 12.0. The van der Waals surface area contributed by atoms with Gasteiger partial charge >= 0.3 is 0 Å². The molecule has 6 atom stereocenters. The molecule has 0 radical (unpaired) electrons. The van der Waals surface area contributed by atoms with E-state index in [0.717, 1.165) is 36.3 Å². The van der Waals surface area contributed by atoms with E-state index >= 15 is 0 Å². The van der Waals surface area contributed by atoms with Crippen LogP contribution in [0.5, 0.6) is 0 Å². The molecular formula is C28H46O3. The molecule has 0 aromatic rings. The fraction of sp³-hybridized carbons (Fsp3) is 0.786. The van der Waals surface area contributed by atoms with Crippen LogP contribution in [0.4, 0.5) is 0 Å². The largest absolute Gasteiger partial charge is 0.393 e. The van der Waals surface area contributed by atoms with Gasteiger partial charge in [0.1, 0.15) is 0 Å². The van der Waals surface area contributed by atoms with Crippen molar-refractivity contribution in [3.8, 4) is 0 Å². The van der Waals surface area contributed by atoms with E-state index < -0.39 is 17.3 Å². The van der Waals surface area contributed by atoms with Crippen molar-refractivity contribution in [2.75, 3.05) is 0 Å². The summed E-state index contributed by atoms with van der Waals surface area (Å²) in [6.45, 7) is 14.7. The van der Waals surface area contributed by atoms with E-state index in [4.69, 9.17) is 0 Å². The summed E-state index contributed by atoms with van der Waals surface area (Å²) in [6, 6.07) is 0. The summed E-state index contributed by atoms with van der Waals surface area (Å²) in [5.74, 6) is 2.09. The first-order valence-electron chi connectivity index (χ1n) is 12.6. The first-order valence-corrected chi connectivity index (χ1v) is 12.6. The summed E-state index contributed by atoms with van der Waals surface area (Å²) in [5, 5.41) is 30.8. The van der Waals surface area contributed by atoms with Crippen molar-refractivity contribution in [3.05, 3.63) is 35.5 Å². The first kappa shape index (κ1) is 24.7. The van der Waals surface area contributed by atoms with E-state index in [-0.39, 0.29) is 0 Å². The standard InChI is InChI=1S/C28H46O3/c1-19(9-7-15-26(3,4)30)24-13-14-25-21(10-8-16-27(24,25)5)11-12-22-17-23(29)18-28(6,31)20(22)2/h11-12,19,23-25,29-31H,2,7-10,13-18H2,1,3-6H3/b21-11+,22-12-/t19-,23+,24?,25?,27+,28-/m0/s1. The van der Waals surface area contributed by atoms with Gasteiger partial charge < -0.3 is 15.3 Å². The molecule has 2 unspecified atom stereocenters. The molecular weight excluding hydrogens is 384 g/mol. The first-order chi connectivity index (χ1) is 14.3. The van der Waals surface area contributed by atoms with Crippen molar-refractivity contribution in [3.63, 3.8) is 0 Å². The topological polar surface area (TPSA) is 60.7 Å². The summed E-state index contributed by atoms with van der Waals surface area (Å²) < 4.78 is 0. The van der Waals surface area contributed by atoms with Crippen molar-refractivity contribution < 1.29 is 15.3 Å². The highest BCUT2D eigenvalue weighted by Gasteiger charge is 2.50. The van der Waals surface area contributed by atoms with Crippen LogP contribution in [-0.2, 0) is 0 Å². The Labute approximate surface area is 190 Å². The van der Waals surface area contributed by atoms with E-state index in [1.807, 2.05) is 13.8 Å². The molecule has 3 saturated carbocycles. The van der Waals surface area contributed by atoms with Crippen LogP contribution in [0.2, 0.25) is 0 Å². The van der Waals surface area contributed by atoms with Crippen LogP contribution in [0.1, 0.15) is 98.8 Å². The molecule has 176 valence electrons. The Kier molecular flexibility index (Phi) is 7.30. The van der Waals surface area contributed by atoms with Crippen molar-refractivity contribution in [2.24, 2.45) is 23.2 Å². The molecule has 0 aromatic carbocycles. The third-order valence-electron chi connectivity index (χ3n) is 8.80. The summed E-state index contributed by atoms with van der Waals surface area (Å²) in [6.07, 6.45) is 14.4. The third-order valence-corrected chi connectivity index (χ3v) is 8.80. The van der Waals surface area contributed by atoms with Gasteiger partial charge in [-0.15, -0.1) is 0 Å². The van der Waals surface area contributed by atoms with E-state index in [1.54, 1.807) is 12.5 Å². The highest BCUT2D eigenvalue weighted by molar-refractivity contribution is 5.41. The normalized spacial score (nSPS) is 40.4. The average Bonchev–Trinajstić information content (AvgIpc) is 2.99. The second kappa shape index (κ2) is 9.15. The van der Waals surface area contributed by atoms with Gasteiger partial charge in [0.25, 0.3) is 0 Å². The monoisotopic (exact) mass is 430 g/mol. The van der Waals surface area contributed by atoms with E-state index in [1.165, 1.54) is 32.1 Å². The Morgan fingerprint density at radius 1 is 1.23 bits per heavy atom. The van der Waals surface area contributed by atoms with Crippen LogP contribution < -0.4 is 0 Å². The number of hydrogen-bond acceptors (Lipinski definition) is 3. The highest BCUT2D eigenvalue weighted by Crippen LogP contribution is 2.60. The van der Waals surface area contributed by atoms with Gasteiger partial charge in [-0.3, -0.25) is 0 Å².